The van der Waals surface area contributed by atoms with Gasteiger partial charge in [0.15, 0.2) is 0 Å². The summed E-state index contributed by atoms with van der Waals surface area (Å²) < 4.78 is 0. The van der Waals surface area contributed by atoms with Crippen LogP contribution in [0.2, 0.25) is 0 Å². The van der Waals surface area contributed by atoms with E-state index in [9.17, 15) is 0 Å². The Labute approximate surface area is 47.9 Å². The van der Waals surface area contributed by atoms with Gasteiger partial charge in [0.25, 0.3) is 0 Å². The maximum Gasteiger partial charge on any atom is 0.0838 e. The predicted octanol–water partition coefficient (Wildman–Crippen LogP) is 0.307. The summed E-state index contributed by atoms with van der Waals surface area (Å²) in [6.45, 7) is 0.444. The second-order valence-corrected chi connectivity index (χ2v) is 0.688. The van der Waals surface area contributed by atoms with Gasteiger partial charge < -0.3 is 5.32 Å². The van der Waals surface area contributed by atoms with Gasteiger partial charge >= 0.3 is 0 Å². The van der Waals surface area contributed by atoms with Crippen molar-refractivity contribution in [3.05, 3.63) is 0 Å². The van der Waals surface area contributed by atoms with Crippen molar-refractivity contribution in [2.45, 2.75) is 0 Å². The smallest absolute Gasteiger partial charge is 0.0838 e. The normalized spacial score (nSPS) is 5.33. The molecule has 0 amide bonds. The Bertz CT molecular complexity index is 47.2. The van der Waals surface area contributed by atoms with Gasteiger partial charge in [-0.3, -0.25) is 0 Å². The van der Waals surface area contributed by atoms with Gasteiger partial charge in [0.1, 0.15) is 0 Å². The van der Waals surface area contributed by atoms with Gasteiger partial charge in [0.05, 0.1) is 12.6 Å². The molecule has 0 fully saturated rings. The fourth-order valence-electron chi connectivity index (χ4n) is 0.0791. The summed E-state index contributed by atoms with van der Waals surface area (Å²) in [6.07, 6.45) is 0. The standard InChI is InChI=1S/C3H6N2.BrH/c1-5-3-2-4;/h5H,3H2,1H3;1H. The van der Waals surface area contributed by atoms with Crippen LogP contribution in [0.3, 0.4) is 0 Å². The summed E-state index contributed by atoms with van der Waals surface area (Å²) in [6, 6.07) is 1.91. The van der Waals surface area contributed by atoms with Crippen molar-refractivity contribution < 1.29 is 0 Å². The van der Waals surface area contributed by atoms with E-state index in [0.29, 0.717) is 6.54 Å². The molecule has 6 heavy (non-hydrogen) atoms. The van der Waals surface area contributed by atoms with Crippen LogP contribution >= 0.6 is 17.0 Å². The number of nitriles is 1. The van der Waals surface area contributed by atoms with E-state index in [2.05, 4.69) is 5.32 Å². The molecule has 0 spiro atoms. The summed E-state index contributed by atoms with van der Waals surface area (Å²) in [5.74, 6) is 0. The molecule has 0 radical (unpaired) electrons. The Hall–Kier alpha value is -0.0700. The van der Waals surface area contributed by atoms with Crippen LogP contribution in [0, 0.1) is 11.3 Å². The molecular weight excluding hydrogens is 144 g/mol. The largest absolute Gasteiger partial charge is 0.308 e. The van der Waals surface area contributed by atoms with Gasteiger partial charge in [-0.05, 0) is 7.05 Å². The minimum Gasteiger partial charge on any atom is -0.308 e. The van der Waals surface area contributed by atoms with Crippen molar-refractivity contribution in [1.29, 1.82) is 5.26 Å². The SMILES string of the molecule is Br.CNCC#N. The third kappa shape index (κ3) is 9.06. The van der Waals surface area contributed by atoms with E-state index in [0.717, 1.165) is 0 Å². The van der Waals surface area contributed by atoms with Crippen molar-refractivity contribution >= 4 is 17.0 Å². The zero-order valence-corrected chi connectivity index (χ0v) is 5.28. The molecule has 0 rings (SSSR count). The highest BCUT2D eigenvalue weighted by Crippen LogP contribution is 1.38. The number of hydrogen-bond acceptors (Lipinski definition) is 2. The molecule has 3 heteroatoms. The van der Waals surface area contributed by atoms with Crippen LogP contribution in [-0.2, 0) is 0 Å². The van der Waals surface area contributed by atoms with Crippen molar-refractivity contribution in [2.24, 2.45) is 0 Å². The third-order valence-corrected chi connectivity index (χ3v) is 0.256. The molecule has 1 N–H and O–H groups in total. The monoisotopic (exact) mass is 150 g/mol. The minimum absolute atomic E-state index is 0. The maximum absolute atomic E-state index is 7.75. The molecule has 0 bridgehead atoms. The zero-order valence-electron chi connectivity index (χ0n) is 3.56. The topological polar surface area (TPSA) is 35.8 Å². The van der Waals surface area contributed by atoms with Crippen LogP contribution < -0.4 is 5.32 Å². The lowest BCUT2D eigenvalue weighted by Crippen LogP contribution is -2.03. The molecule has 0 heterocycles. The van der Waals surface area contributed by atoms with Crippen molar-refractivity contribution in [3.63, 3.8) is 0 Å². The second-order valence-electron chi connectivity index (χ2n) is 0.688. The van der Waals surface area contributed by atoms with Crippen LogP contribution in [0.4, 0.5) is 0 Å². The van der Waals surface area contributed by atoms with Gasteiger partial charge in [-0.25, -0.2) is 0 Å². The zero-order chi connectivity index (χ0) is 4.12. The van der Waals surface area contributed by atoms with E-state index in [-0.39, 0.29) is 17.0 Å². The molecule has 0 aliphatic heterocycles. The van der Waals surface area contributed by atoms with Crippen molar-refractivity contribution in [3.8, 4) is 6.07 Å². The lowest BCUT2D eigenvalue weighted by Gasteiger charge is -1.73. The Balaban J connectivity index is 0. The van der Waals surface area contributed by atoms with Gasteiger partial charge in [0, 0.05) is 0 Å². The first-order chi connectivity index (χ1) is 2.41. The first-order valence-corrected chi connectivity index (χ1v) is 1.43. The summed E-state index contributed by atoms with van der Waals surface area (Å²) in [4.78, 5) is 0. The Morgan fingerprint density at radius 2 is 2.33 bits per heavy atom. The first-order valence-electron chi connectivity index (χ1n) is 1.43. The summed E-state index contributed by atoms with van der Waals surface area (Å²) in [7, 11) is 1.74. The van der Waals surface area contributed by atoms with Gasteiger partial charge in [0.2, 0.25) is 0 Å². The first kappa shape index (κ1) is 9.33. The van der Waals surface area contributed by atoms with Gasteiger partial charge in [-0.15, -0.1) is 17.0 Å². The Morgan fingerprint density at radius 1 is 1.83 bits per heavy atom. The minimum atomic E-state index is 0. The fourth-order valence-corrected chi connectivity index (χ4v) is 0.0791. The highest BCUT2D eigenvalue weighted by Gasteiger charge is 1.60. The number of rotatable bonds is 1. The van der Waals surface area contributed by atoms with Crippen molar-refractivity contribution in [1.82, 2.24) is 5.32 Å². The molecule has 0 aliphatic carbocycles. The van der Waals surface area contributed by atoms with Crippen LogP contribution in [0.1, 0.15) is 0 Å². The number of hydrogen-bond donors (Lipinski definition) is 1. The van der Waals surface area contributed by atoms with Crippen molar-refractivity contribution in [2.75, 3.05) is 13.6 Å². The lowest BCUT2D eigenvalue weighted by atomic mass is 10.7. The predicted molar refractivity (Wildman–Crippen MR) is 29.9 cm³/mol. The molecule has 0 aromatic heterocycles. The average Bonchev–Trinajstić information content (AvgIpc) is 1.41. The van der Waals surface area contributed by atoms with Gasteiger partial charge in [-0.2, -0.15) is 5.26 Å². The molecule has 0 aromatic rings. The third-order valence-electron chi connectivity index (χ3n) is 0.256. The van der Waals surface area contributed by atoms with E-state index >= 15 is 0 Å². The molecule has 0 unspecified atom stereocenters. The Morgan fingerprint density at radius 3 is 2.33 bits per heavy atom. The molecule has 2 nitrogen and oxygen atoms in total. The molecule has 0 saturated heterocycles. The van der Waals surface area contributed by atoms with E-state index in [1.165, 1.54) is 0 Å². The van der Waals surface area contributed by atoms with Crippen LogP contribution in [0.15, 0.2) is 0 Å². The fraction of sp³-hybridized carbons (Fsp3) is 0.667. The molecular formula is C3H7BrN2. The number of nitrogens with zero attached hydrogens (tertiary/aromatic N) is 1. The second kappa shape index (κ2) is 8.87. The van der Waals surface area contributed by atoms with E-state index in [1.807, 2.05) is 6.07 Å². The highest BCUT2D eigenvalue weighted by atomic mass is 79.9. The molecule has 0 aliphatic rings. The van der Waals surface area contributed by atoms with E-state index in [1.54, 1.807) is 7.05 Å². The molecule has 0 saturated carbocycles. The summed E-state index contributed by atoms with van der Waals surface area (Å²) in [5.41, 5.74) is 0. The summed E-state index contributed by atoms with van der Waals surface area (Å²) >= 11 is 0. The van der Waals surface area contributed by atoms with Crippen LogP contribution in [-0.4, -0.2) is 13.6 Å². The molecule has 0 atom stereocenters. The van der Waals surface area contributed by atoms with Crippen LogP contribution in [0.25, 0.3) is 0 Å². The molecule has 0 aromatic carbocycles. The number of nitrogens with one attached hydrogen (secondary N) is 1. The molecule has 36 valence electrons. The van der Waals surface area contributed by atoms with E-state index < -0.39 is 0 Å². The average molecular weight is 151 g/mol. The number of halogens is 1. The lowest BCUT2D eigenvalue weighted by molar-refractivity contribution is 0.928. The van der Waals surface area contributed by atoms with E-state index in [4.69, 9.17) is 5.26 Å². The van der Waals surface area contributed by atoms with Crippen LogP contribution in [0.5, 0.6) is 0 Å². The quantitative estimate of drug-likeness (QED) is 0.547. The maximum atomic E-state index is 7.75. The highest BCUT2D eigenvalue weighted by molar-refractivity contribution is 8.93. The summed E-state index contributed by atoms with van der Waals surface area (Å²) in [5, 5.41) is 10.4. The van der Waals surface area contributed by atoms with Gasteiger partial charge in [-0.1, -0.05) is 0 Å². The Kier molecular flexibility index (Phi) is 13.8.